The molecular weight excluding hydrogens is 274 g/mol. The zero-order valence-corrected chi connectivity index (χ0v) is 12.5. The Morgan fingerprint density at radius 1 is 1.18 bits per heavy atom. The third kappa shape index (κ3) is 3.18. The van der Waals surface area contributed by atoms with Gasteiger partial charge in [-0.1, -0.05) is 24.3 Å². The standard InChI is InChI=1S/C18H19N3O/c1-22-17-4-2-3-15(12-17)18(19)11-14-5-7-16(8-6-14)21-10-9-20-13-21/h2-10,12-13,18H,11,19H2,1H3. The van der Waals surface area contributed by atoms with E-state index < -0.39 is 0 Å². The molecule has 0 fully saturated rings. The van der Waals surface area contributed by atoms with Gasteiger partial charge >= 0.3 is 0 Å². The van der Waals surface area contributed by atoms with E-state index in [1.165, 1.54) is 5.56 Å². The quantitative estimate of drug-likeness (QED) is 0.786. The normalized spacial score (nSPS) is 12.1. The molecule has 3 aromatic rings. The first kappa shape index (κ1) is 14.4. The summed E-state index contributed by atoms with van der Waals surface area (Å²) in [7, 11) is 1.67. The summed E-state index contributed by atoms with van der Waals surface area (Å²) in [5, 5.41) is 0. The smallest absolute Gasteiger partial charge is 0.119 e. The van der Waals surface area contributed by atoms with E-state index in [9.17, 15) is 0 Å². The van der Waals surface area contributed by atoms with E-state index in [0.717, 1.165) is 23.4 Å². The molecule has 0 aliphatic carbocycles. The highest BCUT2D eigenvalue weighted by molar-refractivity contribution is 5.36. The van der Waals surface area contributed by atoms with Crippen LogP contribution in [0.15, 0.2) is 67.3 Å². The molecule has 0 amide bonds. The van der Waals surface area contributed by atoms with Crippen molar-refractivity contribution in [2.24, 2.45) is 5.73 Å². The van der Waals surface area contributed by atoms with Crippen LogP contribution in [0.25, 0.3) is 5.69 Å². The second kappa shape index (κ2) is 6.45. The third-order valence-corrected chi connectivity index (χ3v) is 3.72. The summed E-state index contributed by atoms with van der Waals surface area (Å²) in [6.45, 7) is 0. The minimum Gasteiger partial charge on any atom is -0.497 e. The lowest BCUT2D eigenvalue weighted by Crippen LogP contribution is -2.13. The van der Waals surface area contributed by atoms with Crippen molar-refractivity contribution in [2.75, 3.05) is 7.11 Å². The van der Waals surface area contributed by atoms with Crippen molar-refractivity contribution >= 4 is 0 Å². The summed E-state index contributed by atoms with van der Waals surface area (Å²) in [5.74, 6) is 0.836. The van der Waals surface area contributed by atoms with E-state index in [1.54, 1.807) is 19.6 Å². The molecule has 3 rings (SSSR count). The van der Waals surface area contributed by atoms with Crippen LogP contribution < -0.4 is 10.5 Å². The fourth-order valence-corrected chi connectivity index (χ4v) is 2.46. The van der Waals surface area contributed by atoms with Crippen LogP contribution in [0.2, 0.25) is 0 Å². The lowest BCUT2D eigenvalue weighted by atomic mass is 9.99. The van der Waals surface area contributed by atoms with Crippen molar-refractivity contribution < 1.29 is 4.74 Å². The van der Waals surface area contributed by atoms with Crippen LogP contribution in [0.1, 0.15) is 17.2 Å². The SMILES string of the molecule is COc1cccc(C(N)Cc2ccc(-n3ccnc3)cc2)c1. The molecule has 0 aliphatic rings. The van der Waals surface area contributed by atoms with Crippen molar-refractivity contribution in [1.82, 2.24) is 9.55 Å². The van der Waals surface area contributed by atoms with E-state index in [0.29, 0.717) is 0 Å². The first-order valence-electron chi connectivity index (χ1n) is 7.23. The summed E-state index contributed by atoms with van der Waals surface area (Å²) < 4.78 is 7.23. The van der Waals surface area contributed by atoms with Crippen LogP contribution in [-0.2, 0) is 6.42 Å². The lowest BCUT2D eigenvalue weighted by Gasteiger charge is -2.13. The molecule has 0 spiro atoms. The molecule has 0 bridgehead atoms. The first-order valence-corrected chi connectivity index (χ1v) is 7.23. The Kier molecular flexibility index (Phi) is 4.21. The van der Waals surface area contributed by atoms with Crippen molar-refractivity contribution in [3.8, 4) is 11.4 Å². The predicted octanol–water partition coefficient (Wildman–Crippen LogP) is 3.12. The molecule has 4 nitrogen and oxygen atoms in total. The van der Waals surface area contributed by atoms with Gasteiger partial charge in [0.25, 0.3) is 0 Å². The Bertz CT molecular complexity index is 720. The molecule has 1 aromatic heterocycles. The van der Waals surface area contributed by atoms with E-state index in [-0.39, 0.29) is 6.04 Å². The van der Waals surface area contributed by atoms with Crippen molar-refractivity contribution in [3.05, 3.63) is 78.4 Å². The van der Waals surface area contributed by atoms with E-state index in [4.69, 9.17) is 10.5 Å². The molecule has 1 atom stereocenters. The number of hydrogen-bond donors (Lipinski definition) is 1. The van der Waals surface area contributed by atoms with Crippen molar-refractivity contribution in [2.45, 2.75) is 12.5 Å². The number of ether oxygens (including phenoxy) is 1. The Labute approximate surface area is 130 Å². The number of aromatic nitrogens is 2. The van der Waals surface area contributed by atoms with Gasteiger partial charge in [-0.15, -0.1) is 0 Å². The highest BCUT2D eigenvalue weighted by Crippen LogP contribution is 2.21. The second-order valence-electron chi connectivity index (χ2n) is 5.22. The Morgan fingerprint density at radius 2 is 2.00 bits per heavy atom. The molecule has 0 radical (unpaired) electrons. The maximum Gasteiger partial charge on any atom is 0.119 e. The fourth-order valence-electron chi connectivity index (χ4n) is 2.46. The summed E-state index contributed by atoms with van der Waals surface area (Å²) in [6.07, 6.45) is 6.28. The minimum atomic E-state index is -0.0470. The Hall–Kier alpha value is -2.59. The summed E-state index contributed by atoms with van der Waals surface area (Å²) in [4.78, 5) is 4.06. The lowest BCUT2D eigenvalue weighted by molar-refractivity contribution is 0.414. The molecule has 0 aliphatic heterocycles. The molecule has 4 heteroatoms. The maximum absolute atomic E-state index is 6.31. The molecule has 1 heterocycles. The fraction of sp³-hybridized carbons (Fsp3) is 0.167. The molecule has 0 saturated heterocycles. The number of methoxy groups -OCH3 is 1. The van der Waals surface area contributed by atoms with Crippen LogP contribution in [0.4, 0.5) is 0 Å². The highest BCUT2D eigenvalue weighted by Gasteiger charge is 2.08. The summed E-state index contributed by atoms with van der Waals surface area (Å²) in [5.41, 5.74) is 9.70. The Morgan fingerprint density at radius 3 is 2.68 bits per heavy atom. The number of nitrogens with two attached hydrogens (primary N) is 1. The van der Waals surface area contributed by atoms with Crippen LogP contribution in [0.3, 0.4) is 0 Å². The number of hydrogen-bond acceptors (Lipinski definition) is 3. The van der Waals surface area contributed by atoms with Gasteiger partial charge in [0.15, 0.2) is 0 Å². The van der Waals surface area contributed by atoms with Crippen LogP contribution in [0, 0.1) is 0 Å². The molecule has 2 N–H and O–H groups in total. The van der Waals surface area contributed by atoms with E-state index in [2.05, 4.69) is 29.2 Å². The van der Waals surface area contributed by atoms with Gasteiger partial charge in [0, 0.05) is 24.1 Å². The van der Waals surface area contributed by atoms with Gasteiger partial charge in [0.05, 0.1) is 13.4 Å². The van der Waals surface area contributed by atoms with E-state index >= 15 is 0 Å². The average molecular weight is 293 g/mol. The maximum atomic E-state index is 6.31. The highest BCUT2D eigenvalue weighted by atomic mass is 16.5. The van der Waals surface area contributed by atoms with Gasteiger partial charge in [-0.25, -0.2) is 4.98 Å². The van der Waals surface area contributed by atoms with Crippen molar-refractivity contribution in [3.63, 3.8) is 0 Å². The van der Waals surface area contributed by atoms with Gasteiger partial charge in [0.1, 0.15) is 5.75 Å². The number of imidazole rings is 1. The van der Waals surface area contributed by atoms with Crippen molar-refractivity contribution in [1.29, 1.82) is 0 Å². The average Bonchev–Trinajstić information content (AvgIpc) is 3.10. The zero-order valence-electron chi connectivity index (χ0n) is 12.5. The zero-order chi connectivity index (χ0) is 15.4. The van der Waals surface area contributed by atoms with Gasteiger partial charge < -0.3 is 15.0 Å². The summed E-state index contributed by atoms with van der Waals surface area (Å²) >= 11 is 0. The second-order valence-corrected chi connectivity index (χ2v) is 5.22. The topological polar surface area (TPSA) is 53.1 Å². The molecule has 22 heavy (non-hydrogen) atoms. The van der Waals surface area contributed by atoms with Gasteiger partial charge in [0.2, 0.25) is 0 Å². The molecule has 112 valence electrons. The number of nitrogens with zero attached hydrogens (tertiary/aromatic N) is 2. The van der Waals surface area contributed by atoms with Crippen LogP contribution >= 0.6 is 0 Å². The minimum absolute atomic E-state index is 0.0470. The third-order valence-electron chi connectivity index (χ3n) is 3.72. The number of rotatable bonds is 5. The molecule has 1 unspecified atom stereocenters. The molecular formula is C18H19N3O. The van der Waals surface area contributed by atoms with Gasteiger partial charge in [-0.2, -0.15) is 0 Å². The van der Waals surface area contributed by atoms with Crippen LogP contribution in [-0.4, -0.2) is 16.7 Å². The van der Waals surface area contributed by atoms with Gasteiger partial charge in [-0.3, -0.25) is 0 Å². The Balaban J connectivity index is 1.72. The molecule has 0 saturated carbocycles. The first-order chi connectivity index (χ1) is 10.8. The van der Waals surface area contributed by atoms with Gasteiger partial charge in [-0.05, 0) is 41.8 Å². The van der Waals surface area contributed by atoms with E-state index in [1.807, 2.05) is 35.0 Å². The predicted molar refractivity (Wildman–Crippen MR) is 87.2 cm³/mol. The number of benzene rings is 2. The monoisotopic (exact) mass is 293 g/mol. The molecule has 2 aromatic carbocycles. The largest absolute Gasteiger partial charge is 0.497 e. The van der Waals surface area contributed by atoms with Crippen LogP contribution in [0.5, 0.6) is 5.75 Å². The summed E-state index contributed by atoms with van der Waals surface area (Å²) in [6, 6.07) is 16.2.